The standard InChI is InChI=1S/C18H22FNO2.ClH/c1-21-18-13-15(10-11-20)6-9-17(18)22-12-2-3-14-4-7-16(19)8-5-14;/h4-9,13H,2-3,10-12,20H2,1H3;1H. The van der Waals surface area contributed by atoms with E-state index >= 15 is 0 Å². The number of ether oxygens (including phenoxy) is 2. The Labute approximate surface area is 143 Å². The Balaban J connectivity index is 0.00000264. The molecule has 2 aromatic carbocycles. The molecule has 2 aromatic rings. The van der Waals surface area contributed by atoms with Crippen LogP contribution in [0.1, 0.15) is 17.5 Å². The molecule has 0 saturated carbocycles. The number of rotatable bonds is 8. The van der Waals surface area contributed by atoms with Crippen molar-refractivity contribution in [2.24, 2.45) is 5.73 Å². The van der Waals surface area contributed by atoms with E-state index in [2.05, 4.69) is 0 Å². The molecule has 2 N–H and O–H groups in total. The number of halogens is 2. The van der Waals surface area contributed by atoms with Gasteiger partial charge in [-0.15, -0.1) is 12.4 Å². The van der Waals surface area contributed by atoms with Gasteiger partial charge in [0, 0.05) is 0 Å². The number of aryl methyl sites for hydroxylation is 1. The number of benzene rings is 2. The minimum Gasteiger partial charge on any atom is -0.493 e. The highest BCUT2D eigenvalue weighted by atomic mass is 35.5. The second-order valence-electron chi connectivity index (χ2n) is 5.10. The van der Waals surface area contributed by atoms with Crippen LogP contribution in [0.5, 0.6) is 11.5 Å². The van der Waals surface area contributed by atoms with Crippen molar-refractivity contribution in [3.8, 4) is 11.5 Å². The van der Waals surface area contributed by atoms with Gasteiger partial charge in [0.1, 0.15) is 5.82 Å². The van der Waals surface area contributed by atoms with E-state index in [1.54, 1.807) is 19.2 Å². The number of methoxy groups -OCH3 is 1. The van der Waals surface area contributed by atoms with Crippen molar-refractivity contribution in [3.05, 3.63) is 59.4 Å². The second-order valence-corrected chi connectivity index (χ2v) is 5.10. The quantitative estimate of drug-likeness (QED) is 0.745. The minimum atomic E-state index is -0.206. The van der Waals surface area contributed by atoms with Crippen LogP contribution in [-0.4, -0.2) is 20.3 Å². The molecule has 5 heteroatoms. The molecule has 3 nitrogen and oxygen atoms in total. The Morgan fingerprint density at radius 2 is 1.65 bits per heavy atom. The second kappa shape index (κ2) is 10.1. The molecule has 0 aliphatic heterocycles. The van der Waals surface area contributed by atoms with Crippen molar-refractivity contribution in [2.75, 3.05) is 20.3 Å². The molecule has 0 atom stereocenters. The van der Waals surface area contributed by atoms with Gasteiger partial charge < -0.3 is 15.2 Å². The van der Waals surface area contributed by atoms with E-state index in [1.165, 1.54) is 12.1 Å². The van der Waals surface area contributed by atoms with Gasteiger partial charge in [-0.2, -0.15) is 0 Å². The Morgan fingerprint density at radius 1 is 0.957 bits per heavy atom. The van der Waals surface area contributed by atoms with E-state index in [9.17, 15) is 4.39 Å². The Morgan fingerprint density at radius 3 is 2.30 bits per heavy atom. The van der Waals surface area contributed by atoms with Crippen molar-refractivity contribution in [1.29, 1.82) is 0 Å². The molecule has 2 rings (SSSR count). The third kappa shape index (κ3) is 6.08. The number of nitrogens with two attached hydrogens (primary N) is 1. The summed E-state index contributed by atoms with van der Waals surface area (Å²) < 4.78 is 24.0. The van der Waals surface area contributed by atoms with Crippen LogP contribution < -0.4 is 15.2 Å². The zero-order valence-electron chi connectivity index (χ0n) is 13.3. The molecule has 0 spiro atoms. The summed E-state index contributed by atoms with van der Waals surface area (Å²) in [6.07, 6.45) is 2.54. The van der Waals surface area contributed by atoms with E-state index in [-0.39, 0.29) is 18.2 Å². The van der Waals surface area contributed by atoms with Crippen LogP contribution in [0, 0.1) is 5.82 Å². The van der Waals surface area contributed by atoms with Crippen LogP contribution in [-0.2, 0) is 12.8 Å². The van der Waals surface area contributed by atoms with E-state index in [4.69, 9.17) is 15.2 Å². The van der Waals surface area contributed by atoms with Gasteiger partial charge in [0.25, 0.3) is 0 Å². The van der Waals surface area contributed by atoms with Gasteiger partial charge in [-0.1, -0.05) is 18.2 Å². The molecule has 0 unspecified atom stereocenters. The molecule has 0 aromatic heterocycles. The van der Waals surface area contributed by atoms with Gasteiger partial charge in [0.15, 0.2) is 11.5 Å². The van der Waals surface area contributed by atoms with E-state index in [0.29, 0.717) is 13.2 Å². The average molecular weight is 340 g/mol. The summed E-state index contributed by atoms with van der Waals surface area (Å²) in [5.74, 6) is 1.26. The highest BCUT2D eigenvalue weighted by Gasteiger charge is 2.05. The van der Waals surface area contributed by atoms with Crippen LogP contribution >= 0.6 is 12.4 Å². The fraction of sp³-hybridized carbons (Fsp3) is 0.333. The van der Waals surface area contributed by atoms with Crippen LogP contribution in [0.15, 0.2) is 42.5 Å². The zero-order chi connectivity index (χ0) is 15.8. The largest absolute Gasteiger partial charge is 0.493 e. The first-order chi connectivity index (χ1) is 10.7. The van der Waals surface area contributed by atoms with Gasteiger partial charge in [-0.05, 0) is 61.2 Å². The summed E-state index contributed by atoms with van der Waals surface area (Å²) >= 11 is 0. The third-order valence-electron chi connectivity index (χ3n) is 3.44. The lowest BCUT2D eigenvalue weighted by atomic mass is 10.1. The molecule has 0 aliphatic rings. The molecule has 0 fully saturated rings. The number of hydrogen-bond donors (Lipinski definition) is 1. The maximum atomic E-state index is 12.8. The lowest BCUT2D eigenvalue weighted by Gasteiger charge is -2.12. The van der Waals surface area contributed by atoms with Crippen LogP contribution in [0.2, 0.25) is 0 Å². The Hall–Kier alpha value is -1.78. The lowest BCUT2D eigenvalue weighted by Crippen LogP contribution is -2.04. The lowest BCUT2D eigenvalue weighted by molar-refractivity contribution is 0.289. The van der Waals surface area contributed by atoms with Gasteiger partial charge >= 0.3 is 0 Å². The molecule has 0 radical (unpaired) electrons. The molecule has 126 valence electrons. The van der Waals surface area contributed by atoms with Crippen LogP contribution in [0.25, 0.3) is 0 Å². The predicted octanol–water partition coefficient (Wildman–Crippen LogP) is 3.77. The minimum absolute atomic E-state index is 0. The maximum Gasteiger partial charge on any atom is 0.161 e. The molecule has 0 bridgehead atoms. The van der Waals surface area contributed by atoms with Crippen molar-refractivity contribution in [1.82, 2.24) is 0 Å². The van der Waals surface area contributed by atoms with Gasteiger partial charge in [-0.3, -0.25) is 0 Å². The molecular formula is C18H23ClFNO2. The first-order valence-electron chi connectivity index (χ1n) is 7.47. The van der Waals surface area contributed by atoms with Crippen molar-refractivity contribution >= 4 is 12.4 Å². The molecule has 0 aliphatic carbocycles. The highest BCUT2D eigenvalue weighted by Crippen LogP contribution is 2.28. The predicted molar refractivity (Wildman–Crippen MR) is 93.2 cm³/mol. The van der Waals surface area contributed by atoms with Gasteiger partial charge in [0.2, 0.25) is 0 Å². The first-order valence-corrected chi connectivity index (χ1v) is 7.47. The normalized spacial score (nSPS) is 10.0. The topological polar surface area (TPSA) is 44.5 Å². The first kappa shape index (κ1) is 19.3. The van der Waals surface area contributed by atoms with Crippen LogP contribution in [0.4, 0.5) is 4.39 Å². The third-order valence-corrected chi connectivity index (χ3v) is 3.44. The monoisotopic (exact) mass is 339 g/mol. The Kier molecular flexibility index (Phi) is 8.45. The molecular weight excluding hydrogens is 317 g/mol. The molecule has 0 heterocycles. The average Bonchev–Trinajstić information content (AvgIpc) is 2.54. The molecule has 0 saturated heterocycles. The summed E-state index contributed by atoms with van der Waals surface area (Å²) in [5.41, 5.74) is 7.80. The highest BCUT2D eigenvalue weighted by molar-refractivity contribution is 5.85. The van der Waals surface area contributed by atoms with Crippen molar-refractivity contribution in [3.63, 3.8) is 0 Å². The smallest absolute Gasteiger partial charge is 0.161 e. The Bertz CT molecular complexity index is 590. The SMILES string of the molecule is COc1cc(CCN)ccc1OCCCc1ccc(F)cc1.Cl. The maximum absolute atomic E-state index is 12.8. The summed E-state index contributed by atoms with van der Waals surface area (Å²) in [4.78, 5) is 0. The van der Waals surface area contributed by atoms with E-state index in [1.807, 2.05) is 18.2 Å². The summed E-state index contributed by atoms with van der Waals surface area (Å²) in [5, 5.41) is 0. The molecule has 23 heavy (non-hydrogen) atoms. The summed E-state index contributed by atoms with van der Waals surface area (Å²) in [6.45, 7) is 1.20. The van der Waals surface area contributed by atoms with E-state index < -0.39 is 0 Å². The van der Waals surface area contributed by atoms with Gasteiger partial charge in [-0.25, -0.2) is 4.39 Å². The van der Waals surface area contributed by atoms with Gasteiger partial charge in [0.05, 0.1) is 13.7 Å². The van der Waals surface area contributed by atoms with E-state index in [0.717, 1.165) is 41.9 Å². The molecule has 0 amide bonds. The van der Waals surface area contributed by atoms with Crippen molar-refractivity contribution in [2.45, 2.75) is 19.3 Å². The fourth-order valence-electron chi connectivity index (χ4n) is 2.26. The fourth-order valence-corrected chi connectivity index (χ4v) is 2.26. The number of hydrogen-bond acceptors (Lipinski definition) is 3. The van der Waals surface area contributed by atoms with Crippen LogP contribution in [0.3, 0.4) is 0 Å². The summed E-state index contributed by atoms with van der Waals surface area (Å²) in [7, 11) is 1.63. The zero-order valence-corrected chi connectivity index (χ0v) is 14.1. The summed E-state index contributed by atoms with van der Waals surface area (Å²) in [6, 6.07) is 12.5. The van der Waals surface area contributed by atoms with Crippen molar-refractivity contribution < 1.29 is 13.9 Å².